The van der Waals surface area contributed by atoms with Crippen molar-refractivity contribution in [3.05, 3.63) is 11.9 Å². The number of hydrogen-bond donors (Lipinski definition) is 1. The Bertz CT molecular complexity index is 394. The van der Waals surface area contributed by atoms with Crippen molar-refractivity contribution in [2.75, 3.05) is 24.5 Å². The minimum atomic E-state index is 0.568. The molecule has 1 aromatic rings. The molecule has 2 fully saturated rings. The maximum atomic E-state index is 4.81. The third-order valence-corrected chi connectivity index (χ3v) is 3.72. The summed E-state index contributed by atoms with van der Waals surface area (Å²) in [6.45, 7) is 7.66. The van der Waals surface area contributed by atoms with Gasteiger partial charge in [-0.1, -0.05) is 6.92 Å². The zero-order valence-corrected chi connectivity index (χ0v) is 10.8. The van der Waals surface area contributed by atoms with Crippen molar-refractivity contribution in [2.45, 2.75) is 45.2 Å². The lowest BCUT2D eigenvalue weighted by Crippen LogP contribution is -2.50. The Morgan fingerprint density at radius 1 is 1.47 bits per heavy atom. The highest BCUT2D eigenvalue weighted by Gasteiger charge is 2.29. The van der Waals surface area contributed by atoms with Crippen LogP contribution in [-0.4, -0.2) is 35.2 Å². The van der Waals surface area contributed by atoms with Gasteiger partial charge in [-0.2, -0.15) is 0 Å². The van der Waals surface area contributed by atoms with E-state index in [1.165, 1.54) is 24.5 Å². The molecule has 17 heavy (non-hydrogen) atoms. The fraction of sp³-hybridized carbons (Fsp3) is 0.769. The number of rotatable bonds is 3. The van der Waals surface area contributed by atoms with Crippen molar-refractivity contribution in [3.8, 4) is 0 Å². The molecular formula is C13H22N4. The van der Waals surface area contributed by atoms with Gasteiger partial charge in [0.05, 0.1) is 5.69 Å². The van der Waals surface area contributed by atoms with Gasteiger partial charge < -0.3 is 14.8 Å². The molecule has 1 aromatic heterocycles. The van der Waals surface area contributed by atoms with Gasteiger partial charge in [0.2, 0.25) is 5.95 Å². The first-order chi connectivity index (χ1) is 8.28. The number of imidazole rings is 1. The number of anilines is 1. The predicted octanol–water partition coefficient (Wildman–Crippen LogP) is 1.58. The first kappa shape index (κ1) is 11.1. The molecule has 0 amide bonds. The number of aryl methyl sites for hydroxylation is 1. The van der Waals surface area contributed by atoms with E-state index < -0.39 is 0 Å². The van der Waals surface area contributed by atoms with Gasteiger partial charge in [-0.3, -0.25) is 0 Å². The topological polar surface area (TPSA) is 33.1 Å². The predicted molar refractivity (Wildman–Crippen MR) is 69.6 cm³/mol. The van der Waals surface area contributed by atoms with Gasteiger partial charge in [-0.15, -0.1) is 0 Å². The van der Waals surface area contributed by atoms with E-state index in [-0.39, 0.29) is 0 Å². The molecule has 1 N–H and O–H groups in total. The van der Waals surface area contributed by atoms with Crippen molar-refractivity contribution >= 4 is 5.95 Å². The summed E-state index contributed by atoms with van der Waals surface area (Å²) in [5.74, 6) is 1.21. The maximum absolute atomic E-state index is 4.81. The zero-order chi connectivity index (χ0) is 11.8. The summed E-state index contributed by atoms with van der Waals surface area (Å²) < 4.78 is 2.41. The Morgan fingerprint density at radius 2 is 2.29 bits per heavy atom. The van der Waals surface area contributed by atoms with Crippen LogP contribution in [0.2, 0.25) is 0 Å². The minimum Gasteiger partial charge on any atom is -0.339 e. The van der Waals surface area contributed by atoms with E-state index >= 15 is 0 Å². The highest BCUT2D eigenvalue weighted by molar-refractivity contribution is 5.36. The lowest BCUT2D eigenvalue weighted by Gasteiger charge is -2.33. The van der Waals surface area contributed by atoms with Crippen LogP contribution in [0.4, 0.5) is 5.95 Å². The molecule has 1 saturated carbocycles. The molecule has 0 spiro atoms. The van der Waals surface area contributed by atoms with Crippen LogP contribution in [-0.2, 0) is 6.42 Å². The van der Waals surface area contributed by atoms with Crippen molar-refractivity contribution in [2.24, 2.45) is 0 Å². The number of aromatic nitrogens is 2. The monoisotopic (exact) mass is 234 g/mol. The molecule has 1 aliphatic heterocycles. The lowest BCUT2D eigenvalue weighted by atomic mass is 10.2. The molecule has 0 aromatic carbocycles. The van der Waals surface area contributed by atoms with E-state index in [2.05, 4.69) is 34.8 Å². The first-order valence-corrected chi connectivity index (χ1v) is 6.84. The Morgan fingerprint density at radius 3 is 2.94 bits per heavy atom. The van der Waals surface area contributed by atoms with Gasteiger partial charge in [0.15, 0.2) is 0 Å². The maximum Gasteiger partial charge on any atom is 0.206 e. The molecule has 2 heterocycles. The normalized spacial score (nSPS) is 25.3. The van der Waals surface area contributed by atoms with Crippen LogP contribution in [0.5, 0.6) is 0 Å². The van der Waals surface area contributed by atoms with Crippen LogP contribution in [0.3, 0.4) is 0 Å². The molecule has 94 valence electrons. The average Bonchev–Trinajstić information content (AvgIpc) is 3.08. The molecule has 0 radical (unpaired) electrons. The van der Waals surface area contributed by atoms with Gasteiger partial charge in [0, 0.05) is 37.9 Å². The van der Waals surface area contributed by atoms with E-state index in [9.17, 15) is 0 Å². The molecule has 0 unspecified atom stereocenters. The summed E-state index contributed by atoms with van der Waals surface area (Å²) in [6, 6.07) is 1.29. The van der Waals surface area contributed by atoms with Crippen LogP contribution in [0.1, 0.15) is 38.4 Å². The summed E-state index contributed by atoms with van der Waals surface area (Å²) >= 11 is 0. The number of nitrogens with zero attached hydrogens (tertiary/aromatic N) is 3. The summed E-state index contributed by atoms with van der Waals surface area (Å²) in [6.07, 6.45) is 5.95. The first-order valence-electron chi connectivity index (χ1n) is 6.84. The minimum absolute atomic E-state index is 0.568. The number of hydrogen-bond acceptors (Lipinski definition) is 3. The lowest BCUT2D eigenvalue weighted by molar-refractivity contribution is 0.474. The third-order valence-electron chi connectivity index (χ3n) is 3.72. The standard InChI is InChI=1S/C13H22N4/c1-3-11-9-17(12-4-5-12)13(15-11)16-7-6-14-10(2)8-16/h9-10,12,14H,3-8H2,1-2H3/t10-/m1/s1. The Balaban J connectivity index is 1.86. The SMILES string of the molecule is CCc1cn(C2CC2)c(N2CCN[C@H](C)C2)n1. The van der Waals surface area contributed by atoms with Crippen LogP contribution < -0.4 is 10.2 Å². The molecule has 4 heteroatoms. The highest BCUT2D eigenvalue weighted by Crippen LogP contribution is 2.38. The largest absolute Gasteiger partial charge is 0.339 e. The molecule has 0 bridgehead atoms. The van der Waals surface area contributed by atoms with Crippen LogP contribution in [0.15, 0.2) is 6.20 Å². The Labute approximate surface area is 103 Å². The summed E-state index contributed by atoms with van der Waals surface area (Å²) in [5, 5.41) is 3.49. The Kier molecular flexibility index (Phi) is 2.82. The second-order valence-corrected chi connectivity index (χ2v) is 5.33. The van der Waals surface area contributed by atoms with Gasteiger partial charge in [0.25, 0.3) is 0 Å². The van der Waals surface area contributed by atoms with E-state index in [1.54, 1.807) is 0 Å². The summed E-state index contributed by atoms with van der Waals surface area (Å²) in [4.78, 5) is 7.25. The van der Waals surface area contributed by atoms with Crippen molar-refractivity contribution in [1.29, 1.82) is 0 Å². The second-order valence-electron chi connectivity index (χ2n) is 5.33. The highest BCUT2D eigenvalue weighted by atomic mass is 15.3. The van der Waals surface area contributed by atoms with Gasteiger partial charge >= 0.3 is 0 Å². The van der Waals surface area contributed by atoms with Crippen molar-refractivity contribution in [3.63, 3.8) is 0 Å². The van der Waals surface area contributed by atoms with E-state index in [0.717, 1.165) is 32.1 Å². The summed E-state index contributed by atoms with van der Waals surface area (Å²) in [5.41, 5.74) is 1.23. The van der Waals surface area contributed by atoms with E-state index in [1.807, 2.05) is 0 Å². The van der Waals surface area contributed by atoms with Crippen molar-refractivity contribution < 1.29 is 0 Å². The van der Waals surface area contributed by atoms with Gasteiger partial charge in [-0.05, 0) is 26.2 Å². The van der Waals surface area contributed by atoms with Crippen molar-refractivity contribution in [1.82, 2.24) is 14.9 Å². The van der Waals surface area contributed by atoms with E-state index in [4.69, 9.17) is 4.98 Å². The zero-order valence-electron chi connectivity index (χ0n) is 10.8. The Hall–Kier alpha value is -1.03. The smallest absolute Gasteiger partial charge is 0.206 e. The molecule has 1 aliphatic carbocycles. The van der Waals surface area contributed by atoms with Crippen LogP contribution >= 0.6 is 0 Å². The molecule has 1 atom stereocenters. The molecule has 1 saturated heterocycles. The third kappa shape index (κ3) is 2.18. The van der Waals surface area contributed by atoms with Gasteiger partial charge in [0.1, 0.15) is 0 Å². The second kappa shape index (κ2) is 4.33. The van der Waals surface area contributed by atoms with Gasteiger partial charge in [-0.25, -0.2) is 4.98 Å². The molecular weight excluding hydrogens is 212 g/mol. The van der Waals surface area contributed by atoms with Crippen LogP contribution in [0.25, 0.3) is 0 Å². The molecule has 3 rings (SSSR count). The quantitative estimate of drug-likeness (QED) is 0.862. The molecule has 2 aliphatic rings. The number of piperazine rings is 1. The van der Waals surface area contributed by atoms with E-state index in [0.29, 0.717) is 6.04 Å². The molecule has 4 nitrogen and oxygen atoms in total. The number of nitrogens with one attached hydrogen (secondary N) is 1. The average molecular weight is 234 g/mol. The van der Waals surface area contributed by atoms with Crippen LogP contribution in [0, 0.1) is 0 Å². The fourth-order valence-corrected chi connectivity index (χ4v) is 2.57. The fourth-order valence-electron chi connectivity index (χ4n) is 2.57. The summed E-state index contributed by atoms with van der Waals surface area (Å²) in [7, 11) is 0.